The maximum Gasteiger partial charge on any atom is 0.260 e. The lowest BCUT2D eigenvalue weighted by molar-refractivity contribution is 0.102. The summed E-state index contributed by atoms with van der Waals surface area (Å²) < 4.78 is 4.93. The van der Waals surface area contributed by atoms with Gasteiger partial charge in [0.25, 0.3) is 5.91 Å². The number of furan rings is 1. The van der Waals surface area contributed by atoms with Crippen LogP contribution in [0, 0.1) is 6.92 Å². The van der Waals surface area contributed by atoms with Gasteiger partial charge in [-0.05, 0) is 55.5 Å². The van der Waals surface area contributed by atoms with Crippen molar-refractivity contribution in [1.29, 1.82) is 0 Å². The van der Waals surface area contributed by atoms with Crippen LogP contribution < -0.4 is 10.2 Å². The van der Waals surface area contributed by atoms with Crippen LogP contribution in [0.5, 0.6) is 0 Å². The fraction of sp³-hybridized carbons (Fsp3) is 0.375. The molecule has 116 valence electrons. The third-order valence-corrected chi connectivity index (χ3v) is 4.12. The number of carbonyl (C=O) groups excluding carboxylic acids is 1. The van der Waals surface area contributed by atoms with Gasteiger partial charge >= 0.3 is 0 Å². The van der Waals surface area contributed by atoms with Crippen molar-refractivity contribution >= 4 is 29.0 Å². The molecule has 0 aromatic carbocycles. The molecule has 0 spiro atoms. The third kappa shape index (κ3) is 3.09. The smallest absolute Gasteiger partial charge is 0.260 e. The van der Waals surface area contributed by atoms with Crippen LogP contribution >= 0.6 is 11.6 Å². The standard InChI is InChI=1S/C16H18ClN3O2/c1-11-9-12(19-16(21)13-5-8-22-14(13)17)10-18-15(11)20-6-3-2-4-7-20/h5,8-10H,2-4,6-7H2,1H3,(H,19,21). The number of nitrogens with one attached hydrogen (secondary N) is 1. The van der Waals surface area contributed by atoms with Crippen LogP contribution in [0.1, 0.15) is 35.2 Å². The van der Waals surface area contributed by atoms with E-state index < -0.39 is 0 Å². The van der Waals surface area contributed by atoms with Gasteiger partial charge < -0.3 is 14.6 Å². The molecule has 0 atom stereocenters. The molecule has 1 fully saturated rings. The number of aromatic nitrogens is 1. The minimum absolute atomic E-state index is 0.0899. The number of aryl methyl sites for hydroxylation is 1. The maximum atomic E-state index is 12.1. The fourth-order valence-corrected chi connectivity index (χ4v) is 2.93. The monoisotopic (exact) mass is 319 g/mol. The Morgan fingerprint density at radius 2 is 2.14 bits per heavy atom. The second-order valence-electron chi connectivity index (χ2n) is 5.47. The molecule has 0 aliphatic carbocycles. The van der Waals surface area contributed by atoms with Gasteiger partial charge in [-0.15, -0.1) is 0 Å². The van der Waals surface area contributed by atoms with E-state index >= 15 is 0 Å². The number of piperidine rings is 1. The molecule has 0 bridgehead atoms. The maximum absolute atomic E-state index is 12.1. The summed E-state index contributed by atoms with van der Waals surface area (Å²) in [6, 6.07) is 3.48. The zero-order valence-corrected chi connectivity index (χ0v) is 13.2. The molecule has 2 aromatic rings. The van der Waals surface area contributed by atoms with Gasteiger partial charge in [0.15, 0.2) is 0 Å². The summed E-state index contributed by atoms with van der Waals surface area (Å²) in [4.78, 5) is 18.9. The van der Waals surface area contributed by atoms with E-state index in [9.17, 15) is 4.79 Å². The van der Waals surface area contributed by atoms with E-state index in [4.69, 9.17) is 16.0 Å². The average Bonchev–Trinajstić information content (AvgIpc) is 2.94. The second kappa shape index (κ2) is 6.40. The van der Waals surface area contributed by atoms with E-state index in [2.05, 4.69) is 15.2 Å². The largest absolute Gasteiger partial charge is 0.452 e. The van der Waals surface area contributed by atoms with Crippen LogP contribution in [-0.4, -0.2) is 24.0 Å². The number of halogens is 1. The molecular weight excluding hydrogens is 302 g/mol. The topological polar surface area (TPSA) is 58.4 Å². The molecule has 5 nitrogen and oxygen atoms in total. The molecule has 0 unspecified atom stereocenters. The van der Waals surface area contributed by atoms with E-state index in [1.165, 1.54) is 25.5 Å². The van der Waals surface area contributed by atoms with Crippen LogP contribution in [-0.2, 0) is 0 Å². The van der Waals surface area contributed by atoms with Gasteiger partial charge in [0.1, 0.15) is 5.82 Å². The summed E-state index contributed by atoms with van der Waals surface area (Å²) in [7, 11) is 0. The third-order valence-electron chi connectivity index (χ3n) is 3.83. The van der Waals surface area contributed by atoms with Crippen LogP contribution in [0.3, 0.4) is 0 Å². The molecule has 1 N–H and O–H groups in total. The Morgan fingerprint density at radius 1 is 1.36 bits per heavy atom. The van der Waals surface area contributed by atoms with E-state index in [-0.39, 0.29) is 11.1 Å². The summed E-state index contributed by atoms with van der Waals surface area (Å²) in [5, 5.41) is 2.88. The first-order valence-electron chi connectivity index (χ1n) is 7.41. The van der Waals surface area contributed by atoms with Crippen LogP contribution in [0.2, 0.25) is 5.22 Å². The van der Waals surface area contributed by atoms with Crippen LogP contribution in [0.15, 0.2) is 29.0 Å². The molecule has 22 heavy (non-hydrogen) atoms. The van der Waals surface area contributed by atoms with Gasteiger partial charge in [-0.25, -0.2) is 4.98 Å². The highest BCUT2D eigenvalue weighted by Crippen LogP contribution is 2.24. The number of hydrogen-bond donors (Lipinski definition) is 1. The molecule has 0 saturated carbocycles. The first-order valence-corrected chi connectivity index (χ1v) is 7.79. The quantitative estimate of drug-likeness (QED) is 0.932. The summed E-state index contributed by atoms with van der Waals surface area (Å²) in [6.07, 6.45) is 6.77. The first-order chi connectivity index (χ1) is 10.6. The number of rotatable bonds is 3. The number of carbonyl (C=O) groups is 1. The Labute approximate surface area is 134 Å². The van der Waals surface area contributed by atoms with Crippen molar-refractivity contribution in [2.75, 3.05) is 23.3 Å². The highest BCUT2D eigenvalue weighted by atomic mass is 35.5. The Morgan fingerprint density at radius 3 is 2.77 bits per heavy atom. The lowest BCUT2D eigenvalue weighted by Gasteiger charge is -2.29. The van der Waals surface area contributed by atoms with E-state index in [0.717, 1.165) is 24.5 Å². The zero-order valence-electron chi connectivity index (χ0n) is 12.4. The summed E-state index contributed by atoms with van der Waals surface area (Å²) in [6.45, 7) is 4.10. The average molecular weight is 320 g/mol. The van der Waals surface area contributed by atoms with E-state index in [1.54, 1.807) is 12.3 Å². The minimum atomic E-state index is -0.300. The summed E-state index contributed by atoms with van der Waals surface area (Å²) in [5.74, 6) is 0.699. The molecule has 1 amide bonds. The van der Waals surface area contributed by atoms with Crippen molar-refractivity contribution in [1.82, 2.24) is 4.98 Å². The highest BCUT2D eigenvalue weighted by Gasteiger charge is 2.16. The van der Waals surface area contributed by atoms with Gasteiger partial charge in [0, 0.05) is 13.1 Å². The molecular formula is C16H18ClN3O2. The molecule has 0 radical (unpaired) electrons. The minimum Gasteiger partial charge on any atom is -0.452 e. The van der Waals surface area contributed by atoms with Crippen LogP contribution in [0.25, 0.3) is 0 Å². The van der Waals surface area contributed by atoms with Crippen molar-refractivity contribution < 1.29 is 9.21 Å². The van der Waals surface area contributed by atoms with Gasteiger partial charge in [0.05, 0.1) is 23.7 Å². The first kappa shape index (κ1) is 14.9. The zero-order chi connectivity index (χ0) is 15.5. The summed E-state index contributed by atoms with van der Waals surface area (Å²) >= 11 is 5.81. The van der Waals surface area contributed by atoms with Crippen molar-refractivity contribution in [3.63, 3.8) is 0 Å². The number of amides is 1. The molecule has 1 aliphatic heterocycles. The molecule has 2 aromatic heterocycles. The van der Waals surface area contributed by atoms with Gasteiger partial charge in [-0.2, -0.15) is 0 Å². The van der Waals surface area contributed by atoms with Crippen molar-refractivity contribution in [3.8, 4) is 0 Å². The van der Waals surface area contributed by atoms with E-state index in [0.29, 0.717) is 11.3 Å². The molecule has 3 rings (SSSR count). The highest BCUT2D eigenvalue weighted by molar-refractivity contribution is 6.32. The SMILES string of the molecule is Cc1cc(NC(=O)c2ccoc2Cl)cnc1N1CCCCC1. The van der Waals surface area contributed by atoms with Gasteiger partial charge in [0.2, 0.25) is 5.22 Å². The van der Waals surface area contributed by atoms with E-state index in [1.807, 2.05) is 13.0 Å². The fourth-order valence-electron chi connectivity index (χ4n) is 2.73. The number of hydrogen-bond acceptors (Lipinski definition) is 4. The predicted octanol–water partition coefficient (Wildman–Crippen LogP) is 3.88. The van der Waals surface area contributed by atoms with Gasteiger partial charge in [-0.3, -0.25) is 4.79 Å². The molecule has 1 aliphatic rings. The molecule has 1 saturated heterocycles. The van der Waals surface area contributed by atoms with Crippen molar-refractivity contribution in [2.45, 2.75) is 26.2 Å². The lowest BCUT2D eigenvalue weighted by atomic mass is 10.1. The Kier molecular flexibility index (Phi) is 4.34. The van der Waals surface area contributed by atoms with Crippen molar-refractivity contribution in [3.05, 3.63) is 40.9 Å². The molecule has 3 heterocycles. The Bertz CT molecular complexity index is 678. The molecule has 6 heteroatoms. The number of pyridine rings is 1. The van der Waals surface area contributed by atoms with Crippen molar-refractivity contribution in [2.24, 2.45) is 0 Å². The Hall–Kier alpha value is -2.01. The number of nitrogens with zero attached hydrogens (tertiary/aromatic N) is 2. The predicted molar refractivity (Wildman–Crippen MR) is 86.7 cm³/mol. The second-order valence-corrected chi connectivity index (χ2v) is 5.82. The number of anilines is 2. The normalized spacial score (nSPS) is 14.9. The summed E-state index contributed by atoms with van der Waals surface area (Å²) in [5.41, 5.74) is 2.03. The van der Waals surface area contributed by atoms with Gasteiger partial charge in [-0.1, -0.05) is 0 Å². The lowest BCUT2D eigenvalue weighted by Crippen LogP contribution is -2.30. The van der Waals surface area contributed by atoms with Crippen LogP contribution in [0.4, 0.5) is 11.5 Å². The Balaban J connectivity index is 1.74.